The number of benzene rings is 3. The zero-order chi connectivity index (χ0) is 26.0. The Bertz CT molecular complexity index is 1300. The van der Waals surface area contributed by atoms with Gasteiger partial charge in [0.15, 0.2) is 0 Å². The number of Topliss-reactive ketones (excluding diaryl/α,β-unsaturated/α-hetero) is 1. The number of aliphatic hydroxyl groups is 1. The van der Waals surface area contributed by atoms with Crippen LogP contribution in [0.25, 0.3) is 0 Å². The number of anilines is 2. The number of halogens is 1. The maximum atomic E-state index is 13.8. The van der Waals surface area contributed by atoms with Crippen LogP contribution in [0, 0.1) is 31.5 Å². The first kappa shape index (κ1) is 25.3. The van der Waals surface area contributed by atoms with E-state index in [-0.39, 0.29) is 6.42 Å². The van der Waals surface area contributed by atoms with Gasteiger partial charge in [0.05, 0.1) is 11.5 Å². The fourth-order valence-electron chi connectivity index (χ4n) is 5.02. The van der Waals surface area contributed by atoms with E-state index in [0.29, 0.717) is 16.9 Å². The maximum Gasteiger partial charge on any atom is 0.235 e. The van der Waals surface area contributed by atoms with Crippen LogP contribution in [-0.4, -0.2) is 28.3 Å². The van der Waals surface area contributed by atoms with E-state index in [2.05, 4.69) is 10.6 Å². The molecular formula is C29H29FN2O4. The minimum atomic E-state index is -1.73. The van der Waals surface area contributed by atoms with Crippen molar-refractivity contribution < 1.29 is 23.9 Å². The molecule has 0 unspecified atom stereocenters. The lowest BCUT2D eigenvalue weighted by Crippen LogP contribution is -2.56. The summed E-state index contributed by atoms with van der Waals surface area (Å²) in [5, 5.41) is 17.0. The lowest BCUT2D eigenvalue weighted by atomic mass is 9.61. The van der Waals surface area contributed by atoms with E-state index < -0.39 is 46.8 Å². The van der Waals surface area contributed by atoms with Gasteiger partial charge in [-0.25, -0.2) is 4.39 Å². The maximum absolute atomic E-state index is 13.8. The molecule has 1 aliphatic rings. The summed E-state index contributed by atoms with van der Waals surface area (Å²) < 4.78 is 13.8. The van der Waals surface area contributed by atoms with Crippen LogP contribution in [0.3, 0.4) is 0 Å². The van der Waals surface area contributed by atoms with Crippen LogP contribution in [-0.2, 0) is 14.4 Å². The minimum absolute atomic E-state index is 0.373. The van der Waals surface area contributed by atoms with E-state index in [9.17, 15) is 23.9 Å². The largest absolute Gasteiger partial charge is 0.389 e. The average molecular weight is 489 g/mol. The molecule has 0 aliphatic heterocycles. The molecule has 186 valence electrons. The highest BCUT2D eigenvalue weighted by Gasteiger charge is 2.56. The van der Waals surface area contributed by atoms with Crippen molar-refractivity contribution >= 4 is 29.0 Å². The fraction of sp³-hybridized carbons (Fsp3) is 0.276. The second-order valence-electron chi connectivity index (χ2n) is 9.64. The number of aryl methyl sites for hydroxylation is 2. The van der Waals surface area contributed by atoms with E-state index >= 15 is 0 Å². The molecule has 6 nitrogen and oxygen atoms in total. The summed E-state index contributed by atoms with van der Waals surface area (Å²) in [6, 6.07) is 19.7. The average Bonchev–Trinajstić information content (AvgIpc) is 2.81. The van der Waals surface area contributed by atoms with Crippen LogP contribution in [0.5, 0.6) is 0 Å². The Labute approximate surface area is 209 Å². The van der Waals surface area contributed by atoms with Gasteiger partial charge in [-0.3, -0.25) is 14.4 Å². The molecule has 4 atom stereocenters. The summed E-state index contributed by atoms with van der Waals surface area (Å²) in [4.78, 5) is 40.6. The van der Waals surface area contributed by atoms with Crippen molar-refractivity contribution in [3.05, 3.63) is 95.3 Å². The van der Waals surface area contributed by atoms with Gasteiger partial charge < -0.3 is 15.7 Å². The molecule has 0 spiro atoms. The molecule has 0 radical (unpaired) electrons. The zero-order valence-electron chi connectivity index (χ0n) is 20.4. The fourth-order valence-corrected chi connectivity index (χ4v) is 5.02. The van der Waals surface area contributed by atoms with Crippen molar-refractivity contribution in [2.75, 3.05) is 10.6 Å². The molecule has 0 bridgehead atoms. The Balaban J connectivity index is 1.78. The third-order valence-corrected chi connectivity index (χ3v) is 6.89. The Morgan fingerprint density at radius 3 is 1.89 bits per heavy atom. The molecule has 4 rings (SSSR count). The Morgan fingerprint density at radius 1 is 0.861 bits per heavy atom. The van der Waals surface area contributed by atoms with Gasteiger partial charge in [0.25, 0.3) is 0 Å². The quantitative estimate of drug-likeness (QED) is 0.451. The van der Waals surface area contributed by atoms with Gasteiger partial charge in [0, 0.05) is 23.7 Å². The molecule has 1 aliphatic carbocycles. The Kier molecular flexibility index (Phi) is 7.04. The van der Waals surface area contributed by atoms with E-state index in [1.807, 2.05) is 38.1 Å². The third kappa shape index (κ3) is 5.06. The number of carbonyl (C=O) groups excluding carboxylic acids is 3. The Hall–Kier alpha value is -3.84. The molecule has 0 saturated heterocycles. The van der Waals surface area contributed by atoms with Crippen molar-refractivity contribution in [3.8, 4) is 0 Å². The predicted molar refractivity (Wildman–Crippen MR) is 136 cm³/mol. The topological polar surface area (TPSA) is 95.5 Å². The highest BCUT2D eigenvalue weighted by atomic mass is 19.1. The molecule has 1 fully saturated rings. The smallest absolute Gasteiger partial charge is 0.235 e. The second-order valence-corrected chi connectivity index (χ2v) is 9.64. The lowest BCUT2D eigenvalue weighted by Gasteiger charge is -2.44. The number of nitrogens with one attached hydrogen (secondary N) is 2. The number of carbonyl (C=O) groups is 3. The third-order valence-electron chi connectivity index (χ3n) is 6.89. The van der Waals surface area contributed by atoms with E-state index in [4.69, 9.17) is 0 Å². The number of amides is 2. The van der Waals surface area contributed by atoms with Crippen LogP contribution < -0.4 is 10.6 Å². The van der Waals surface area contributed by atoms with E-state index in [1.54, 1.807) is 24.3 Å². The van der Waals surface area contributed by atoms with Gasteiger partial charge >= 0.3 is 0 Å². The van der Waals surface area contributed by atoms with Crippen LogP contribution in [0.1, 0.15) is 36.0 Å². The minimum Gasteiger partial charge on any atom is -0.389 e. The van der Waals surface area contributed by atoms with Gasteiger partial charge in [-0.15, -0.1) is 0 Å². The molecule has 3 aromatic rings. The molecule has 7 heteroatoms. The second kappa shape index (κ2) is 10.0. The Morgan fingerprint density at radius 2 is 1.36 bits per heavy atom. The molecular weight excluding hydrogens is 459 g/mol. The van der Waals surface area contributed by atoms with Crippen LogP contribution in [0.15, 0.2) is 72.8 Å². The van der Waals surface area contributed by atoms with Crippen LogP contribution in [0.4, 0.5) is 15.8 Å². The molecule has 3 N–H and O–H groups in total. The van der Waals surface area contributed by atoms with Gasteiger partial charge in [-0.2, -0.15) is 0 Å². The monoisotopic (exact) mass is 488 g/mol. The standard InChI is InChI=1S/C29H29FN2O4/c1-17-8-4-6-10-21(17)31-27(34)25-23(33)16-29(3,36)26(24(25)19-12-14-20(30)15-13-19)28(35)32-22-11-7-5-9-18(22)2/h4-15,24-26,36H,16H2,1-3H3,(H,31,34)(H,32,35)/t24-,25+,26+,29-/m0/s1. The lowest BCUT2D eigenvalue weighted by molar-refractivity contribution is -0.150. The molecule has 1 saturated carbocycles. The van der Waals surface area contributed by atoms with Gasteiger partial charge in [-0.05, 0) is 61.7 Å². The number of hydrogen-bond acceptors (Lipinski definition) is 4. The van der Waals surface area contributed by atoms with Crippen LogP contribution >= 0.6 is 0 Å². The van der Waals surface area contributed by atoms with Crippen molar-refractivity contribution in [2.24, 2.45) is 11.8 Å². The molecule has 2 amide bonds. The first-order valence-electron chi connectivity index (χ1n) is 11.8. The summed E-state index contributed by atoms with van der Waals surface area (Å²) in [6.07, 6.45) is -0.373. The van der Waals surface area contributed by atoms with Crippen molar-refractivity contribution in [1.82, 2.24) is 0 Å². The number of ketones is 1. The van der Waals surface area contributed by atoms with Crippen molar-refractivity contribution in [3.63, 3.8) is 0 Å². The summed E-state index contributed by atoms with van der Waals surface area (Å²) in [7, 11) is 0. The highest BCUT2D eigenvalue weighted by molar-refractivity contribution is 6.10. The van der Waals surface area contributed by atoms with E-state index in [0.717, 1.165) is 11.1 Å². The van der Waals surface area contributed by atoms with Crippen molar-refractivity contribution in [1.29, 1.82) is 0 Å². The van der Waals surface area contributed by atoms with E-state index in [1.165, 1.54) is 31.2 Å². The highest BCUT2D eigenvalue weighted by Crippen LogP contribution is 2.46. The van der Waals surface area contributed by atoms with Crippen molar-refractivity contribution in [2.45, 2.75) is 38.7 Å². The predicted octanol–water partition coefficient (Wildman–Crippen LogP) is 4.76. The first-order valence-corrected chi connectivity index (χ1v) is 11.8. The summed E-state index contributed by atoms with van der Waals surface area (Å²) in [5.74, 6) is -5.52. The number of hydrogen-bond donors (Lipinski definition) is 3. The SMILES string of the molecule is Cc1ccccc1NC(=O)[C@@H]1C(=O)C[C@](C)(O)[C@@H](C(=O)Nc2ccccc2C)[C@H]1c1ccc(F)cc1. The molecule has 3 aromatic carbocycles. The summed E-state index contributed by atoms with van der Waals surface area (Å²) in [6.45, 7) is 5.10. The van der Waals surface area contributed by atoms with Gasteiger partial charge in [-0.1, -0.05) is 48.5 Å². The number of rotatable bonds is 5. The first-order chi connectivity index (χ1) is 17.1. The summed E-state index contributed by atoms with van der Waals surface area (Å²) >= 11 is 0. The van der Waals surface area contributed by atoms with Gasteiger partial charge in [0.2, 0.25) is 11.8 Å². The zero-order valence-corrected chi connectivity index (χ0v) is 20.4. The number of para-hydroxylation sites is 2. The normalized spacial score (nSPS) is 23.7. The molecule has 36 heavy (non-hydrogen) atoms. The van der Waals surface area contributed by atoms with Crippen LogP contribution in [0.2, 0.25) is 0 Å². The van der Waals surface area contributed by atoms with Gasteiger partial charge in [0.1, 0.15) is 17.5 Å². The molecule has 0 heterocycles. The summed E-state index contributed by atoms with van der Waals surface area (Å²) in [5.41, 5.74) is 1.43. The molecule has 0 aromatic heterocycles.